The SMILES string of the molecule is CNC(=O)N1C[C@H](O)CC1C(=O)O. The Morgan fingerprint density at radius 1 is 1.54 bits per heavy atom. The van der Waals surface area contributed by atoms with Crippen LogP contribution in [0.3, 0.4) is 0 Å². The van der Waals surface area contributed by atoms with Gasteiger partial charge >= 0.3 is 12.0 Å². The molecule has 6 nitrogen and oxygen atoms in total. The molecule has 1 heterocycles. The van der Waals surface area contributed by atoms with Crippen LogP contribution >= 0.6 is 0 Å². The largest absolute Gasteiger partial charge is 0.480 e. The maximum atomic E-state index is 11.1. The third-order valence-electron chi connectivity index (χ3n) is 2.04. The Balaban J connectivity index is 2.71. The highest BCUT2D eigenvalue weighted by Gasteiger charge is 2.38. The second-order valence-corrected chi connectivity index (χ2v) is 2.95. The summed E-state index contributed by atoms with van der Waals surface area (Å²) in [6.07, 6.45) is -0.638. The fraction of sp³-hybridized carbons (Fsp3) is 0.714. The molecule has 0 aliphatic carbocycles. The van der Waals surface area contributed by atoms with Gasteiger partial charge in [-0.3, -0.25) is 0 Å². The van der Waals surface area contributed by atoms with Crippen LogP contribution in [0.25, 0.3) is 0 Å². The molecule has 13 heavy (non-hydrogen) atoms. The fourth-order valence-corrected chi connectivity index (χ4v) is 1.42. The van der Waals surface area contributed by atoms with E-state index in [-0.39, 0.29) is 13.0 Å². The van der Waals surface area contributed by atoms with E-state index in [0.717, 1.165) is 4.90 Å². The zero-order chi connectivity index (χ0) is 10.0. The van der Waals surface area contributed by atoms with Crippen LogP contribution in [-0.2, 0) is 4.79 Å². The number of carboxylic acids is 1. The van der Waals surface area contributed by atoms with Crippen molar-refractivity contribution >= 4 is 12.0 Å². The number of aliphatic hydroxyl groups excluding tert-OH is 1. The second-order valence-electron chi connectivity index (χ2n) is 2.95. The molecule has 2 atom stereocenters. The lowest BCUT2D eigenvalue weighted by Crippen LogP contribution is -2.44. The van der Waals surface area contributed by atoms with Gasteiger partial charge in [0, 0.05) is 20.0 Å². The number of urea groups is 1. The van der Waals surface area contributed by atoms with Crippen molar-refractivity contribution < 1.29 is 19.8 Å². The minimum absolute atomic E-state index is 0.0800. The first-order valence-corrected chi connectivity index (χ1v) is 3.95. The number of carbonyl (C=O) groups is 2. The van der Waals surface area contributed by atoms with Crippen molar-refractivity contribution in [2.45, 2.75) is 18.6 Å². The zero-order valence-corrected chi connectivity index (χ0v) is 7.23. The van der Waals surface area contributed by atoms with Crippen LogP contribution in [-0.4, -0.2) is 52.9 Å². The molecule has 1 aliphatic heterocycles. The molecule has 3 N–H and O–H groups in total. The van der Waals surface area contributed by atoms with E-state index >= 15 is 0 Å². The number of amides is 2. The maximum absolute atomic E-state index is 11.1. The second kappa shape index (κ2) is 3.61. The van der Waals surface area contributed by atoms with Gasteiger partial charge in [0.1, 0.15) is 6.04 Å². The van der Waals surface area contributed by atoms with Gasteiger partial charge in [0.05, 0.1) is 6.10 Å². The number of β-amino-alcohol motifs (C(OH)–C–C–N with tert-alkyl or cyclic N) is 1. The van der Waals surface area contributed by atoms with E-state index < -0.39 is 24.1 Å². The third kappa shape index (κ3) is 1.89. The molecule has 6 heteroatoms. The van der Waals surface area contributed by atoms with Gasteiger partial charge in [-0.15, -0.1) is 0 Å². The number of hydrogen-bond acceptors (Lipinski definition) is 3. The van der Waals surface area contributed by atoms with E-state index in [1.165, 1.54) is 7.05 Å². The van der Waals surface area contributed by atoms with Crippen molar-refractivity contribution in [3.63, 3.8) is 0 Å². The Hall–Kier alpha value is -1.30. The molecule has 1 aliphatic rings. The summed E-state index contributed by atoms with van der Waals surface area (Å²) in [4.78, 5) is 22.9. The Morgan fingerprint density at radius 3 is 2.62 bits per heavy atom. The molecule has 74 valence electrons. The quantitative estimate of drug-likeness (QED) is 0.484. The van der Waals surface area contributed by atoms with Gasteiger partial charge in [-0.1, -0.05) is 0 Å². The van der Waals surface area contributed by atoms with Crippen molar-refractivity contribution in [2.24, 2.45) is 0 Å². The molecule has 1 rings (SSSR count). The summed E-state index contributed by atoms with van der Waals surface area (Å²) in [6.45, 7) is 0.0800. The summed E-state index contributed by atoms with van der Waals surface area (Å²) in [5.74, 6) is -1.08. The molecule has 0 aromatic rings. The van der Waals surface area contributed by atoms with Crippen LogP contribution in [0.15, 0.2) is 0 Å². The zero-order valence-electron chi connectivity index (χ0n) is 7.23. The van der Waals surface area contributed by atoms with Crippen molar-refractivity contribution in [2.75, 3.05) is 13.6 Å². The number of carboxylic acid groups (broad SMARTS) is 1. The number of hydrogen-bond donors (Lipinski definition) is 3. The molecule has 0 aromatic heterocycles. The van der Waals surface area contributed by atoms with Crippen LogP contribution in [0.1, 0.15) is 6.42 Å². The number of nitrogens with one attached hydrogen (secondary N) is 1. The molecule has 1 saturated heterocycles. The summed E-state index contributed by atoms with van der Waals surface area (Å²) >= 11 is 0. The molecule has 2 amide bonds. The van der Waals surface area contributed by atoms with E-state index in [4.69, 9.17) is 5.11 Å². The van der Waals surface area contributed by atoms with Gasteiger partial charge in [-0.05, 0) is 0 Å². The monoisotopic (exact) mass is 188 g/mol. The van der Waals surface area contributed by atoms with Crippen molar-refractivity contribution in [3.8, 4) is 0 Å². The first kappa shape index (κ1) is 9.79. The highest BCUT2D eigenvalue weighted by Crippen LogP contribution is 2.17. The van der Waals surface area contributed by atoms with Gasteiger partial charge in [0.25, 0.3) is 0 Å². The first-order chi connectivity index (χ1) is 6.06. The highest BCUT2D eigenvalue weighted by molar-refractivity contribution is 5.83. The first-order valence-electron chi connectivity index (χ1n) is 3.95. The minimum Gasteiger partial charge on any atom is -0.480 e. The summed E-state index contributed by atoms with van der Waals surface area (Å²) in [6, 6.07) is -1.38. The Bertz CT molecular complexity index is 231. The van der Waals surface area contributed by atoms with Crippen molar-refractivity contribution in [1.82, 2.24) is 10.2 Å². The molecule has 1 unspecified atom stereocenters. The number of aliphatic carboxylic acids is 1. The number of nitrogens with zero attached hydrogens (tertiary/aromatic N) is 1. The minimum atomic E-state index is -1.08. The van der Waals surface area contributed by atoms with Crippen molar-refractivity contribution in [1.29, 1.82) is 0 Å². The molecular weight excluding hydrogens is 176 g/mol. The van der Waals surface area contributed by atoms with Gasteiger partial charge in [0.2, 0.25) is 0 Å². The summed E-state index contributed by atoms with van der Waals surface area (Å²) in [5, 5.41) is 20.2. The lowest BCUT2D eigenvalue weighted by Gasteiger charge is -2.19. The van der Waals surface area contributed by atoms with E-state index in [2.05, 4.69) is 5.32 Å². The van der Waals surface area contributed by atoms with E-state index in [0.29, 0.717) is 0 Å². The number of likely N-dealkylation sites (tertiary alicyclic amines) is 1. The van der Waals surface area contributed by atoms with Crippen LogP contribution in [0.5, 0.6) is 0 Å². The molecule has 0 radical (unpaired) electrons. The van der Waals surface area contributed by atoms with Crippen LogP contribution in [0, 0.1) is 0 Å². The average Bonchev–Trinajstić information content (AvgIpc) is 2.46. The molecule has 0 saturated carbocycles. The maximum Gasteiger partial charge on any atom is 0.326 e. The fourth-order valence-electron chi connectivity index (χ4n) is 1.42. The Kier molecular flexibility index (Phi) is 2.72. The Morgan fingerprint density at radius 2 is 2.15 bits per heavy atom. The topological polar surface area (TPSA) is 89.9 Å². The van der Waals surface area contributed by atoms with Gasteiger partial charge in [0.15, 0.2) is 0 Å². The van der Waals surface area contributed by atoms with Crippen molar-refractivity contribution in [3.05, 3.63) is 0 Å². The third-order valence-corrected chi connectivity index (χ3v) is 2.04. The van der Waals surface area contributed by atoms with Gasteiger partial charge in [-0.2, -0.15) is 0 Å². The standard InChI is InChI=1S/C7H12N2O4/c1-8-7(13)9-3-4(10)2-5(9)6(11)12/h4-5,10H,2-3H2,1H3,(H,8,13)(H,11,12)/t4-,5?/m1/s1. The number of aliphatic hydroxyl groups is 1. The predicted molar refractivity (Wildman–Crippen MR) is 43.2 cm³/mol. The normalized spacial score (nSPS) is 27.4. The lowest BCUT2D eigenvalue weighted by atomic mass is 10.2. The summed E-state index contributed by atoms with van der Waals surface area (Å²) in [5.41, 5.74) is 0. The summed E-state index contributed by atoms with van der Waals surface area (Å²) < 4.78 is 0. The Labute approximate surface area is 75.1 Å². The van der Waals surface area contributed by atoms with Crippen LogP contribution in [0.2, 0.25) is 0 Å². The van der Waals surface area contributed by atoms with Crippen LogP contribution in [0.4, 0.5) is 4.79 Å². The highest BCUT2D eigenvalue weighted by atomic mass is 16.4. The molecule has 0 bridgehead atoms. The summed E-state index contributed by atoms with van der Waals surface area (Å²) in [7, 11) is 1.42. The molecule has 0 spiro atoms. The molecule has 0 aromatic carbocycles. The van der Waals surface area contributed by atoms with Gasteiger partial charge in [-0.25, -0.2) is 9.59 Å². The van der Waals surface area contributed by atoms with E-state index in [9.17, 15) is 14.7 Å². The predicted octanol–water partition coefficient (Wildman–Crippen LogP) is -1.15. The average molecular weight is 188 g/mol. The van der Waals surface area contributed by atoms with Crippen LogP contribution < -0.4 is 5.32 Å². The van der Waals surface area contributed by atoms with E-state index in [1.807, 2.05) is 0 Å². The number of rotatable bonds is 1. The molecule has 1 fully saturated rings. The van der Waals surface area contributed by atoms with Gasteiger partial charge < -0.3 is 20.4 Å². The van der Waals surface area contributed by atoms with E-state index in [1.54, 1.807) is 0 Å². The number of carbonyl (C=O) groups excluding carboxylic acids is 1. The lowest BCUT2D eigenvalue weighted by molar-refractivity contribution is -0.141. The smallest absolute Gasteiger partial charge is 0.326 e. The molecular formula is C7H12N2O4.